The van der Waals surface area contributed by atoms with E-state index in [9.17, 15) is 0 Å². The monoisotopic (exact) mass is 392 g/mol. The lowest BCUT2D eigenvalue weighted by Gasteiger charge is -2.27. The van der Waals surface area contributed by atoms with Crippen molar-refractivity contribution in [3.05, 3.63) is 47.5 Å². The Labute approximate surface area is 178 Å². The van der Waals surface area contributed by atoms with Gasteiger partial charge in [-0.1, -0.05) is 70.6 Å². The third-order valence-corrected chi connectivity index (χ3v) is 6.83. The molecule has 1 heterocycles. The first-order valence-corrected chi connectivity index (χ1v) is 12.1. The summed E-state index contributed by atoms with van der Waals surface area (Å²) in [6.07, 6.45) is 20.0. The minimum Gasteiger partial charge on any atom is -0.240 e. The summed E-state index contributed by atoms with van der Waals surface area (Å²) in [6, 6.07) is 6.85. The van der Waals surface area contributed by atoms with E-state index in [1.165, 1.54) is 93.7 Å². The summed E-state index contributed by atoms with van der Waals surface area (Å²) in [6.45, 7) is 6.79. The van der Waals surface area contributed by atoms with Gasteiger partial charge in [-0.2, -0.15) is 0 Å². The molecule has 29 heavy (non-hydrogen) atoms. The lowest BCUT2D eigenvalue weighted by atomic mass is 9.79. The van der Waals surface area contributed by atoms with E-state index in [-0.39, 0.29) is 0 Å². The summed E-state index contributed by atoms with van der Waals surface area (Å²) in [5.74, 6) is 2.57. The Bertz CT molecular complexity index is 727. The second-order valence-corrected chi connectivity index (χ2v) is 9.14. The van der Waals surface area contributed by atoms with Crippen LogP contribution in [0, 0.1) is 12.8 Å². The smallest absolute Gasteiger partial charge is 0.131 e. The number of unbranched alkanes of at least 4 members (excludes halogenated alkanes) is 4. The number of benzene rings is 1. The van der Waals surface area contributed by atoms with Gasteiger partial charge in [0.1, 0.15) is 5.82 Å². The van der Waals surface area contributed by atoms with Gasteiger partial charge in [0.15, 0.2) is 0 Å². The number of hydrogen-bond acceptors (Lipinski definition) is 2. The average molecular weight is 393 g/mol. The van der Waals surface area contributed by atoms with Crippen LogP contribution in [0.4, 0.5) is 0 Å². The largest absolute Gasteiger partial charge is 0.240 e. The normalized spacial score (nSPS) is 19.4. The summed E-state index contributed by atoms with van der Waals surface area (Å²) >= 11 is 0. The Balaban J connectivity index is 1.56. The topological polar surface area (TPSA) is 25.8 Å². The van der Waals surface area contributed by atoms with Gasteiger partial charge in [-0.15, -0.1) is 0 Å². The van der Waals surface area contributed by atoms with Crippen molar-refractivity contribution in [3.8, 4) is 11.1 Å². The van der Waals surface area contributed by atoms with E-state index in [4.69, 9.17) is 9.97 Å². The van der Waals surface area contributed by atoms with E-state index >= 15 is 0 Å². The molecule has 0 N–H and O–H groups in total. The molecule has 2 nitrogen and oxygen atoms in total. The van der Waals surface area contributed by atoms with Gasteiger partial charge in [0, 0.05) is 23.9 Å². The lowest BCUT2D eigenvalue weighted by molar-refractivity contribution is 0.297. The molecule has 0 spiro atoms. The first kappa shape index (κ1) is 22.0. The van der Waals surface area contributed by atoms with E-state index in [0.717, 1.165) is 17.3 Å². The van der Waals surface area contributed by atoms with Crippen molar-refractivity contribution in [1.29, 1.82) is 0 Å². The molecule has 1 aromatic carbocycles. The van der Waals surface area contributed by atoms with E-state index in [1.54, 1.807) is 0 Å². The summed E-state index contributed by atoms with van der Waals surface area (Å²) in [7, 11) is 0. The number of aromatic nitrogens is 2. The second-order valence-electron chi connectivity index (χ2n) is 9.14. The number of aryl methyl sites for hydroxylation is 2. The van der Waals surface area contributed by atoms with Crippen molar-refractivity contribution in [1.82, 2.24) is 9.97 Å². The van der Waals surface area contributed by atoms with Gasteiger partial charge in [0.2, 0.25) is 0 Å². The summed E-state index contributed by atoms with van der Waals surface area (Å²) in [5, 5.41) is 0. The van der Waals surface area contributed by atoms with Crippen molar-refractivity contribution in [2.45, 2.75) is 104 Å². The Morgan fingerprint density at radius 3 is 2.17 bits per heavy atom. The van der Waals surface area contributed by atoms with Crippen molar-refractivity contribution < 1.29 is 0 Å². The lowest BCUT2D eigenvalue weighted by Crippen LogP contribution is -2.15. The van der Waals surface area contributed by atoms with E-state index in [1.807, 2.05) is 12.4 Å². The molecule has 1 aliphatic carbocycles. The molecule has 0 atom stereocenters. The molecule has 0 saturated heterocycles. The van der Waals surface area contributed by atoms with E-state index in [2.05, 4.69) is 39.0 Å². The predicted molar refractivity (Wildman–Crippen MR) is 124 cm³/mol. The van der Waals surface area contributed by atoms with Crippen LogP contribution < -0.4 is 0 Å². The van der Waals surface area contributed by atoms with Crippen LogP contribution in [0.3, 0.4) is 0 Å². The fraction of sp³-hybridized carbons (Fsp3) is 0.630. The first-order chi connectivity index (χ1) is 14.2. The highest BCUT2D eigenvalue weighted by Crippen LogP contribution is 2.36. The number of hydrogen-bond donors (Lipinski definition) is 0. The molecule has 0 aliphatic heterocycles. The molecule has 2 heteroatoms. The number of nitrogens with zero attached hydrogens (tertiary/aromatic N) is 2. The maximum Gasteiger partial charge on any atom is 0.131 e. The number of rotatable bonds is 10. The Kier molecular flexibility index (Phi) is 8.70. The van der Waals surface area contributed by atoms with Crippen LogP contribution in [0.5, 0.6) is 0 Å². The SMILES string of the molecule is CCCCCc1ccc(-c2cnc(C3CCC(CCCCC)CC3)nc2)cc1C. The van der Waals surface area contributed by atoms with Gasteiger partial charge in [0.05, 0.1) is 0 Å². The van der Waals surface area contributed by atoms with Crippen LogP contribution in [-0.4, -0.2) is 9.97 Å². The zero-order valence-corrected chi connectivity index (χ0v) is 18.9. The standard InChI is InChI=1S/C27H40N2/c1-4-6-8-10-22-12-14-24(15-13-22)27-28-19-26(20-29-27)25-17-16-23(21(3)18-25)11-9-7-5-2/h16-20,22,24H,4-15H2,1-3H3. The summed E-state index contributed by atoms with van der Waals surface area (Å²) in [5.41, 5.74) is 5.26. The van der Waals surface area contributed by atoms with Crippen molar-refractivity contribution in [2.24, 2.45) is 5.92 Å². The van der Waals surface area contributed by atoms with Crippen LogP contribution in [0.25, 0.3) is 11.1 Å². The molecule has 1 aromatic heterocycles. The van der Waals surface area contributed by atoms with Gasteiger partial charge >= 0.3 is 0 Å². The molecule has 0 amide bonds. The third kappa shape index (κ3) is 6.39. The van der Waals surface area contributed by atoms with Gasteiger partial charge in [-0.3, -0.25) is 0 Å². The quantitative estimate of drug-likeness (QED) is 0.382. The zero-order valence-electron chi connectivity index (χ0n) is 18.9. The molecule has 0 radical (unpaired) electrons. The fourth-order valence-electron chi connectivity index (χ4n) is 4.81. The van der Waals surface area contributed by atoms with Gasteiger partial charge in [-0.05, 0) is 68.1 Å². The van der Waals surface area contributed by atoms with E-state index < -0.39 is 0 Å². The molecule has 3 rings (SSSR count). The Hall–Kier alpha value is -1.70. The van der Waals surface area contributed by atoms with Crippen LogP contribution >= 0.6 is 0 Å². The Morgan fingerprint density at radius 1 is 0.828 bits per heavy atom. The highest BCUT2D eigenvalue weighted by molar-refractivity contribution is 5.63. The maximum absolute atomic E-state index is 4.78. The molecule has 1 fully saturated rings. The van der Waals surface area contributed by atoms with Crippen LogP contribution in [0.2, 0.25) is 0 Å². The molecule has 0 unspecified atom stereocenters. The fourth-order valence-corrected chi connectivity index (χ4v) is 4.81. The van der Waals surface area contributed by atoms with Crippen LogP contribution in [0.15, 0.2) is 30.6 Å². The van der Waals surface area contributed by atoms with Crippen LogP contribution in [-0.2, 0) is 6.42 Å². The molecular weight excluding hydrogens is 352 g/mol. The van der Waals surface area contributed by atoms with Crippen LogP contribution in [0.1, 0.15) is 107 Å². The molecular formula is C27H40N2. The summed E-state index contributed by atoms with van der Waals surface area (Å²) < 4.78 is 0. The van der Waals surface area contributed by atoms with Crippen molar-refractivity contribution in [3.63, 3.8) is 0 Å². The van der Waals surface area contributed by atoms with Gasteiger partial charge in [0.25, 0.3) is 0 Å². The highest BCUT2D eigenvalue weighted by atomic mass is 14.9. The minimum absolute atomic E-state index is 0.564. The predicted octanol–water partition coefficient (Wildman–Crippen LogP) is 8.04. The second kappa shape index (κ2) is 11.5. The molecule has 1 saturated carbocycles. The van der Waals surface area contributed by atoms with Crippen molar-refractivity contribution in [2.75, 3.05) is 0 Å². The third-order valence-electron chi connectivity index (χ3n) is 6.83. The average Bonchev–Trinajstić information content (AvgIpc) is 2.76. The molecule has 158 valence electrons. The van der Waals surface area contributed by atoms with Gasteiger partial charge < -0.3 is 0 Å². The zero-order chi connectivity index (χ0) is 20.5. The first-order valence-electron chi connectivity index (χ1n) is 12.1. The minimum atomic E-state index is 0.564. The summed E-state index contributed by atoms with van der Waals surface area (Å²) in [4.78, 5) is 9.56. The van der Waals surface area contributed by atoms with Crippen molar-refractivity contribution >= 4 is 0 Å². The molecule has 2 aromatic rings. The molecule has 1 aliphatic rings. The maximum atomic E-state index is 4.78. The van der Waals surface area contributed by atoms with Gasteiger partial charge in [-0.25, -0.2) is 9.97 Å². The highest BCUT2D eigenvalue weighted by Gasteiger charge is 2.23. The van der Waals surface area contributed by atoms with E-state index in [0.29, 0.717) is 5.92 Å². The molecule has 0 bridgehead atoms. The Morgan fingerprint density at radius 2 is 1.52 bits per heavy atom.